The first-order valence-corrected chi connectivity index (χ1v) is 6.35. The molecule has 0 unspecified atom stereocenters. The average Bonchev–Trinajstić information content (AvgIpc) is 2.82. The maximum Gasteiger partial charge on any atom is 0.228 e. The summed E-state index contributed by atoms with van der Waals surface area (Å²) in [5, 5.41) is 0. The fourth-order valence-corrected chi connectivity index (χ4v) is 2.02. The Morgan fingerprint density at radius 3 is 2.50 bits per heavy atom. The Kier molecular flexibility index (Phi) is 3.46. The molecule has 4 nitrogen and oxygen atoms in total. The van der Waals surface area contributed by atoms with Gasteiger partial charge < -0.3 is 9.47 Å². The number of pyridine rings is 1. The molecule has 2 aromatic rings. The van der Waals surface area contributed by atoms with Crippen LogP contribution in [0.1, 0.15) is 15.9 Å². The summed E-state index contributed by atoms with van der Waals surface area (Å²) >= 11 is 0. The molecule has 1 aliphatic carbocycles. The van der Waals surface area contributed by atoms with Crippen molar-refractivity contribution in [2.75, 3.05) is 13.2 Å². The number of ether oxygens (including phenoxy) is 2. The molecule has 0 atom stereocenters. The molecule has 0 bridgehead atoms. The fraction of sp³-hybridized carbons (Fsp3) is 0.125. The maximum atomic E-state index is 12.0. The molecule has 0 fully saturated rings. The van der Waals surface area contributed by atoms with E-state index < -0.39 is 0 Å². The van der Waals surface area contributed by atoms with E-state index >= 15 is 0 Å². The highest BCUT2D eigenvalue weighted by molar-refractivity contribution is 6.16. The van der Waals surface area contributed by atoms with E-state index in [-0.39, 0.29) is 5.78 Å². The number of fused-ring (bicyclic) bond motifs is 1. The third-order valence-corrected chi connectivity index (χ3v) is 2.98. The number of benzene rings is 1. The van der Waals surface area contributed by atoms with Crippen molar-refractivity contribution >= 4 is 11.9 Å². The molecule has 0 spiro atoms. The summed E-state index contributed by atoms with van der Waals surface area (Å²) in [5.74, 6) is 1.05. The summed E-state index contributed by atoms with van der Waals surface area (Å²) < 4.78 is 11.0. The summed E-state index contributed by atoms with van der Waals surface area (Å²) in [4.78, 5) is 15.9. The van der Waals surface area contributed by atoms with Gasteiger partial charge in [0.2, 0.25) is 5.78 Å². The summed E-state index contributed by atoms with van der Waals surface area (Å²) in [6, 6.07) is 11.0. The molecule has 0 N–H and O–H groups in total. The van der Waals surface area contributed by atoms with Gasteiger partial charge in [0.25, 0.3) is 0 Å². The number of nitrogens with zero attached hydrogens (tertiary/aromatic N) is 1. The summed E-state index contributed by atoms with van der Waals surface area (Å²) in [7, 11) is 0. The van der Waals surface area contributed by atoms with Crippen LogP contribution in [0.25, 0.3) is 6.08 Å². The second-order valence-corrected chi connectivity index (χ2v) is 4.30. The summed E-state index contributed by atoms with van der Waals surface area (Å²) in [6.07, 6.45) is 5.09. The molecule has 0 amide bonds. The number of ketones is 1. The van der Waals surface area contributed by atoms with Gasteiger partial charge in [-0.25, -0.2) is 0 Å². The Morgan fingerprint density at radius 2 is 1.70 bits per heavy atom. The van der Waals surface area contributed by atoms with Crippen molar-refractivity contribution < 1.29 is 14.3 Å². The van der Waals surface area contributed by atoms with Gasteiger partial charge in [0.15, 0.2) is 5.76 Å². The second kappa shape index (κ2) is 5.57. The maximum absolute atomic E-state index is 12.0. The largest absolute Gasteiger partial charge is 0.490 e. The minimum Gasteiger partial charge on any atom is -0.490 e. The number of aromatic nitrogens is 1. The van der Waals surface area contributed by atoms with Crippen molar-refractivity contribution in [2.45, 2.75) is 0 Å². The number of allylic oxidation sites excluding steroid dienone is 1. The molecule has 1 aromatic heterocycles. The number of hydrogen-bond acceptors (Lipinski definition) is 4. The standard InChI is InChI=1S/C16H13NO3/c18-16-14-4-2-1-3-12(14)11-15(16)20-10-9-19-13-5-7-17-8-6-13/h1-8,11H,9-10H2. The van der Waals surface area contributed by atoms with Gasteiger partial charge >= 0.3 is 0 Å². The van der Waals surface area contributed by atoms with Crippen LogP contribution in [0.15, 0.2) is 54.6 Å². The van der Waals surface area contributed by atoms with Crippen molar-refractivity contribution in [2.24, 2.45) is 0 Å². The van der Waals surface area contributed by atoms with Crippen molar-refractivity contribution in [3.63, 3.8) is 0 Å². The zero-order chi connectivity index (χ0) is 13.8. The van der Waals surface area contributed by atoms with E-state index in [1.54, 1.807) is 36.7 Å². The topological polar surface area (TPSA) is 48.4 Å². The molecular formula is C16H13NO3. The minimum absolute atomic E-state index is 0.0653. The van der Waals surface area contributed by atoms with Crippen molar-refractivity contribution in [1.29, 1.82) is 0 Å². The fourth-order valence-electron chi connectivity index (χ4n) is 2.02. The van der Waals surface area contributed by atoms with Crippen LogP contribution < -0.4 is 4.74 Å². The van der Waals surface area contributed by atoms with Gasteiger partial charge in [-0.2, -0.15) is 0 Å². The molecule has 4 heteroatoms. The minimum atomic E-state index is -0.0653. The van der Waals surface area contributed by atoms with E-state index in [1.165, 1.54) is 0 Å². The quantitative estimate of drug-likeness (QED) is 0.781. The first kappa shape index (κ1) is 12.4. The summed E-state index contributed by atoms with van der Waals surface area (Å²) in [5.41, 5.74) is 1.60. The molecule has 1 aliphatic rings. The zero-order valence-electron chi connectivity index (χ0n) is 10.8. The molecule has 1 aromatic carbocycles. The van der Waals surface area contributed by atoms with Crippen LogP contribution in [0.4, 0.5) is 0 Å². The van der Waals surface area contributed by atoms with Crippen LogP contribution in [0.2, 0.25) is 0 Å². The molecular weight excluding hydrogens is 254 g/mol. The van der Waals surface area contributed by atoms with Crippen molar-refractivity contribution in [3.05, 3.63) is 65.7 Å². The number of hydrogen-bond donors (Lipinski definition) is 0. The van der Waals surface area contributed by atoms with E-state index in [1.807, 2.05) is 18.2 Å². The third-order valence-electron chi connectivity index (χ3n) is 2.98. The SMILES string of the molecule is O=C1C(OCCOc2ccncc2)=Cc2ccccc21. The number of rotatable bonds is 5. The molecule has 100 valence electrons. The van der Waals surface area contributed by atoms with Crippen LogP contribution in [0, 0.1) is 0 Å². The predicted molar refractivity (Wildman–Crippen MR) is 74.4 cm³/mol. The Labute approximate surface area is 116 Å². The smallest absolute Gasteiger partial charge is 0.228 e. The first-order valence-electron chi connectivity index (χ1n) is 6.35. The Hall–Kier alpha value is -2.62. The lowest BCUT2D eigenvalue weighted by Crippen LogP contribution is -2.09. The number of carbonyl (C=O) groups is 1. The Bertz CT molecular complexity index is 650. The average molecular weight is 267 g/mol. The van der Waals surface area contributed by atoms with Crippen LogP contribution in [0.3, 0.4) is 0 Å². The van der Waals surface area contributed by atoms with Crippen LogP contribution in [0.5, 0.6) is 5.75 Å². The lowest BCUT2D eigenvalue weighted by molar-refractivity contribution is 0.0897. The van der Waals surface area contributed by atoms with E-state index in [0.29, 0.717) is 24.5 Å². The second-order valence-electron chi connectivity index (χ2n) is 4.30. The Balaban J connectivity index is 1.52. The van der Waals surface area contributed by atoms with Crippen LogP contribution in [-0.4, -0.2) is 24.0 Å². The third kappa shape index (κ3) is 2.54. The van der Waals surface area contributed by atoms with E-state index in [2.05, 4.69) is 4.98 Å². The monoisotopic (exact) mass is 267 g/mol. The highest BCUT2D eigenvalue weighted by atomic mass is 16.5. The molecule has 3 rings (SSSR count). The van der Waals surface area contributed by atoms with Gasteiger partial charge in [0.1, 0.15) is 19.0 Å². The lowest BCUT2D eigenvalue weighted by atomic mass is 10.1. The van der Waals surface area contributed by atoms with Crippen molar-refractivity contribution in [3.8, 4) is 5.75 Å². The molecule has 0 saturated carbocycles. The normalized spacial score (nSPS) is 12.8. The van der Waals surface area contributed by atoms with Crippen LogP contribution in [-0.2, 0) is 4.74 Å². The van der Waals surface area contributed by atoms with Gasteiger partial charge in [0, 0.05) is 18.0 Å². The van der Waals surface area contributed by atoms with E-state index in [9.17, 15) is 4.79 Å². The Morgan fingerprint density at radius 1 is 0.950 bits per heavy atom. The molecule has 0 aliphatic heterocycles. The number of Topliss-reactive ketones (excluding diaryl/α,β-unsaturated/α-hetero) is 1. The highest BCUT2D eigenvalue weighted by Gasteiger charge is 2.23. The highest BCUT2D eigenvalue weighted by Crippen LogP contribution is 2.25. The molecule has 20 heavy (non-hydrogen) atoms. The van der Waals surface area contributed by atoms with Gasteiger partial charge in [-0.1, -0.05) is 24.3 Å². The molecule has 0 radical (unpaired) electrons. The first-order chi connectivity index (χ1) is 9.84. The van der Waals surface area contributed by atoms with Gasteiger partial charge in [-0.05, 0) is 23.8 Å². The van der Waals surface area contributed by atoms with Crippen molar-refractivity contribution in [1.82, 2.24) is 4.98 Å². The van der Waals surface area contributed by atoms with Crippen LogP contribution >= 0.6 is 0 Å². The van der Waals surface area contributed by atoms with Gasteiger partial charge in [0.05, 0.1) is 0 Å². The lowest BCUT2D eigenvalue weighted by Gasteiger charge is -2.07. The van der Waals surface area contributed by atoms with E-state index in [0.717, 1.165) is 11.3 Å². The summed E-state index contributed by atoms with van der Waals surface area (Å²) in [6.45, 7) is 0.707. The predicted octanol–water partition coefficient (Wildman–Crippen LogP) is 2.71. The molecule has 1 heterocycles. The van der Waals surface area contributed by atoms with E-state index in [4.69, 9.17) is 9.47 Å². The zero-order valence-corrected chi connectivity index (χ0v) is 10.8. The number of carbonyl (C=O) groups excluding carboxylic acids is 1. The van der Waals surface area contributed by atoms with Gasteiger partial charge in [-0.3, -0.25) is 9.78 Å². The molecule has 0 saturated heterocycles. The van der Waals surface area contributed by atoms with Gasteiger partial charge in [-0.15, -0.1) is 0 Å².